The van der Waals surface area contributed by atoms with Crippen molar-refractivity contribution in [3.8, 4) is 0 Å². The number of rotatable bonds is 3. The molecule has 0 spiro atoms. The van der Waals surface area contributed by atoms with Gasteiger partial charge in [0.2, 0.25) is 5.91 Å². The van der Waals surface area contributed by atoms with Gasteiger partial charge in [-0.2, -0.15) is 0 Å². The molecule has 0 bridgehead atoms. The molecule has 3 heteroatoms. The largest absolute Gasteiger partial charge is 0.339 e. The van der Waals surface area contributed by atoms with E-state index in [1.807, 2.05) is 0 Å². The van der Waals surface area contributed by atoms with Gasteiger partial charge in [0.1, 0.15) is 0 Å². The van der Waals surface area contributed by atoms with Crippen molar-refractivity contribution < 1.29 is 4.79 Å². The quantitative estimate of drug-likeness (QED) is 0.865. The van der Waals surface area contributed by atoms with Crippen LogP contribution in [0.3, 0.4) is 0 Å². The summed E-state index contributed by atoms with van der Waals surface area (Å²) in [5, 5.41) is 3.51. The summed E-state index contributed by atoms with van der Waals surface area (Å²) in [4.78, 5) is 15.7. The monoisotopic (exact) mass is 292 g/mol. The highest BCUT2D eigenvalue weighted by atomic mass is 16.2. The number of carbonyl (C=O) groups is 1. The highest BCUT2D eigenvalue weighted by Crippen LogP contribution is 2.40. The first-order valence-electron chi connectivity index (χ1n) is 9.29. The van der Waals surface area contributed by atoms with E-state index in [0.717, 1.165) is 51.2 Å². The number of nitrogens with zero attached hydrogens (tertiary/aromatic N) is 1. The molecule has 0 aromatic rings. The second-order valence-electron chi connectivity index (χ2n) is 7.56. The first-order valence-corrected chi connectivity index (χ1v) is 9.29. The second-order valence-corrected chi connectivity index (χ2v) is 7.56. The van der Waals surface area contributed by atoms with Gasteiger partial charge >= 0.3 is 0 Å². The van der Waals surface area contributed by atoms with E-state index in [1.165, 1.54) is 38.5 Å². The number of carbonyl (C=O) groups excluding carboxylic acids is 1. The Morgan fingerprint density at radius 3 is 2.76 bits per heavy atom. The molecule has 0 aromatic carbocycles. The smallest absolute Gasteiger partial charge is 0.230 e. The standard InChI is InChI=1S/C18H32N2O/c1-2-10-18(11-6-12-19-14-18)17(21)20-13-5-8-15-7-3-4-9-16(15)20/h15-16,19H,2-14H2,1H3. The predicted molar refractivity (Wildman–Crippen MR) is 86.1 cm³/mol. The molecular weight excluding hydrogens is 260 g/mol. The first-order chi connectivity index (χ1) is 10.3. The summed E-state index contributed by atoms with van der Waals surface area (Å²) in [6, 6.07) is 0.565. The van der Waals surface area contributed by atoms with E-state index in [2.05, 4.69) is 17.1 Å². The minimum atomic E-state index is -0.0909. The predicted octanol–water partition coefficient (Wildman–Crippen LogP) is 3.34. The van der Waals surface area contributed by atoms with Crippen molar-refractivity contribution in [2.75, 3.05) is 19.6 Å². The van der Waals surface area contributed by atoms with Crippen molar-refractivity contribution >= 4 is 5.91 Å². The molecule has 3 fully saturated rings. The lowest BCUT2D eigenvalue weighted by molar-refractivity contribution is -0.150. The lowest BCUT2D eigenvalue weighted by Gasteiger charge is -2.48. The minimum Gasteiger partial charge on any atom is -0.339 e. The fourth-order valence-electron chi connectivity index (χ4n) is 5.13. The molecule has 1 amide bonds. The zero-order valence-electron chi connectivity index (χ0n) is 13.7. The summed E-state index contributed by atoms with van der Waals surface area (Å²) in [5.41, 5.74) is -0.0909. The molecule has 3 atom stereocenters. The van der Waals surface area contributed by atoms with E-state index in [-0.39, 0.29) is 5.41 Å². The van der Waals surface area contributed by atoms with Crippen LogP contribution in [0.1, 0.15) is 71.1 Å². The fraction of sp³-hybridized carbons (Fsp3) is 0.944. The number of likely N-dealkylation sites (tertiary alicyclic amines) is 1. The van der Waals surface area contributed by atoms with Crippen LogP contribution in [0.25, 0.3) is 0 Å². The Kier molecular flexibility index (Phi) is 4.88. The minimum absolute atomic E-state index is 0.0909. The van der Waals surface area contributed by atoms with Crippen molar-refractivity contribution in [2.45, 2.75) is 77.2 Å². The number of fused-ring (bicyclic) bond motifs is 1. The number of piperidine rings is 2. The third kappa shape index (κ3) is 2.99. The van der Waals surface area contributed by atoms with Crippen LogP contribution in [0, 0.1) is 11.3 Å². The summed E-state index contributed by atoms with van der Waals surface area (Å²) >= 11 is 0. The van der Waals surface area contributed by atoms with E-state index in [0.29, 0.717) is 11.9 Å². The highest BCUT2D eigenvalue weighted by Gasteiger charge is 2.45. The van der Waals surface area contributed by atoms with Crippen LogP contribution in [-0.4, -0.2) is 36.5 Å². The van der Waals surface area contributed by atoms with Crippen molar-refractivity contribution in [2.24, 2.45) is 11.3 Å². The summed E-state index contributed by atoms with van der Waals surface area (Å²) in [5.74, 6) is 1.29. The summed E-state index contributed by atoms with van der Waals surface area (Å²) < 4.78 is 0. The van der Waals surface area contributed by atoms with Gasteiger partial charge < -0.3 is 10.2 Å². The average molecular weight is 292 g/mol. The van der Waals surface area contributed by atoms with Gasteiger partial charge in [-0.3, -0.25) is 4.79 Å². The van der Waals surface area contributed by atoms with E-state index in [9.17, 15) is 4.79 Å². The SMILES string of the molecule is CCCC1(C(=O)N2CCCC3CCCCC32)CCCNC1. The van der Waals surface area contributed by atoms with Crippen LogP contribution in [0.2, 0.25) is 0 Å². The maximum Gasteiger partial charge on any atom is 0.230 e. The molecule has 21 heavy (non-hydrogen) atoms. The van der Waals surface area contributed by atoms with Crippen LogP contribution in [-0.2, 0) is 4.79 Å². The van der Waals surface area contributed by atoms with Crippen LogP contribution in [0.4, 0.5) is 0 Å². The van der Waals surface area contributed by atoms with Gasteiger partial charge in [-0.05, 0) is 57.4 Å². The average Bonchev–Trinajstić information content (AvgIpc) is 2.55. The Labute approximate surface area is 129 Å². The Bertz CT molecular complexity index is 355. The van der Waals surface area contributed by atoms with Gasteiger partial charge in [0.15, 0.2) is 0 Å². The van der Waals surface area contributed by atoms with Crippen molar-refractivity contribution in [3.05, 3.63) is 0 Å². The molecule has 2 saturated heterocycles. The highest BCUT2D eigenvalue weighted by molar-refractivity contribution is 5.83. The molecule has 1 aliphatic carbocycles. The van der Waals surface area contributed by atoms with Crippen LogP contribution >= 0.6 is 0 Å². The van der Waals surface area contributed by atoms with Crippen molar-refractivity contribution in [3.63, 3.8) is 0 Å². The lowest BCUT2D eigenvalue weighted by Crippen LogP contribution is -2.58. The van der Waals surface area contributed by atoms with Gasteiger partial charge in [-0.1, -0.05) is 26.2 Å². The van der Waals surface area contributed by atoms with Gasteiger partial charge in [0.25, 0.3) is 0 Å². The number of hydrogen-bond acceptors (Lipinski definition) is 2. The fourth-order valence-corrected chi connectivity index (χ4v) is 5.13. The number of amides is 1. The Morgan fingerprint density at radius 1 is 1.19 bits per heavy atom. The molecular formula is C18H32N2O. The Balaban J connectivity index is 1.77. The van der Waals surface area contributed by atoms with Gasteiger partial charge in [0.05, 0.1) is 5.41 Å². The maximum absolute atomic E-state index is 13.4. The van der Waals surface area contributed by atoms with Gasteiger partial charge in [-0.25, -0.2) is 0 Å². The molecule has 3 unspecified atom stereocenters. The molecule has 1 N–H and O–H groups in total. The summed E-state index contributed by atoms with van der Waals surface area (Å²) in [6.07, 6.45) is 12.3. The molecule has 3 aliphatic rings. The summed E-state index contributed by atoms with van der Waals surface area (Å²) in [7, 11) is 0. The van der Waals surface area contributed by atoms with E-state index >= 15 is 0 Å². The molecule has 120 valence electrons. The number of hydrogen-bond donors (Lipinski definition) is 1. The number of nitrogens with one attached hydrogen (secondary N) is 1. The van der Waals surface area contributed by atoms with E-state index < -0.39 is 0 Å². The second kappa shape index (κ2) is 6.68. The molecule has 0 aromatic heterocycles. The zero-order valence-corrected chi connectivity index (χ0v) is 13.7. The van der Waals surface area contributed by atoms with Crippen LogP contribution in [0.15, 0.2) is 0 Å². The van der Waals surface area contributed by atoms with Crippen molar-refractivity contribution in [1.29, 1.82) is 0 Å². The Hall–Kier alpha value is -0.570. The van der Waals surface area contributed by atoms with Crippen LogP contribution < -0.4 is 5.32 Å². The Morgan fingerprint density at radius 2 is 2.00 bits per heavy atom. The maximum atomic E-state index is 13.4. The van der Waals surface area contributed by atoms with Gasteiger partial charge in [-0.15, -0.1) is 0 Å². The van der Waals surface area contributed by atoms with E-state index in [4.69, 9.17) is 0 Å². The molecule has 2 aliphatic heterocycles. The molecule has 2 heterocycles. The molecule has 3 rings (SSSR count). The van der Waals surface area contributed by atoms with Crippen LogP contribution in [0.5, 0.6) is 0 Å². The zero-order chi connectivity index (χ0) is 14.7. The molecule has 1 saturated carbocycles. The first kappa shape index (κ1) is 15.3. The van der Waals surface area contributed by atoms with Gasteiger partial charge in [0, 0.05) is 19.1 Å². The van der Waals surface area contributed by atoms with Crippen molar-refractivity contribution in [1.82, 2.24) is 10.2 Å². The third-order valence-corrected chi connectivity index (χ3v) is 6.16. The third-order valence-electron chi connectivity index (χ3n) is 6.16. The topological polar surface area (TPSA) is 32.3 Å². The normalized spacial score (nSPS) is 37.1. The molecule has 0 radical (unpaired) electrons. The lowest BCUT2D eigenvalue weighted by atomic mass is 9.73. The van der Waals surface area contributed by atoms with E-state index in [1.54, 1.807) is 0 Å². The molecule has 3 nitrogen and oxygen atoms in total. The summed E-state index contributed by atoms with van der Waals surface area (Å²) in [6.45, 7) is 5.24.